The molecule has 3 aliphatic heterocycles. The molecule has 1 atom stereocenters. The quantitative estimate of drug-likeness (QED) is 0.263. The van der Waals surface area contributed by atoms with Crippen molar-refractivity contribution >= 4 is 40.8 Å². The maximum atomic E-state index is 14.1. The van der Waals surface area contributed by atoms with E-state index in [0.717, 1.165) is 43.1 Å². The van der Waals surface area contributed by atoms with E-state index in [4.69, 9.17) is 17.3 Å². The van der Waals surface area contributed by atoms with Crippen molar-refractivity contribution in [3.63, 3.8) is 0 Å². The van der Waals surface area contributed by atoms with Crippen LogP contribution in [0.5, 0.6) is 0 Å². The minimum Gasteiger partial charge on any atom is -0.397 e. The van der Waals surface area contributed by atoms with Gasteiger partial charge in [0.2, 0.25) is 11.8 Å². The number of fused-ring (bicyclic) bond motifs is 1. The molecule has 9 nitrogen and oxygen atoms in total. The maximum absolute atomic E-state index is 14.1. The number of halogens is 4. The normalized spacial score (nSPS) is 20.4. The number of nitrogen functional groups attached to an aromatic ring is 1. The van der Waals surface area contributed by atoms with Gasteiger partial charge in [-0.1, -0.05) is 42.6 Å². The topological polar surface area (TPSA) is 111 Å². The zero-order chi connectivity index (χ0) is 35.4. The summed E-state index contributed by atoms with van der Waals surface area (Å²) in [6.45, 7) is 3.46. The van der Waals surface area contributed by atoms with E-state index in [1.165, 1.54) is 31.7 Å². The summed E-state index contributed by atoms with van der Waals surface area (Å²) in [6, 6.07) is 10.2. The molecule has 0 aromatic heterocycles. The second-order valence-electron chi connectivity index (χ2n) is 14.4. The molecule has 2 saturated heterocycles. The van der Waals surface area contributed by atoms with Gasteiger partial charge in [-0.15, -0.1) is 0 Å². The van der Waals surface area contributed by atoms with Crippen molar-refractivity contribution in [2.75, 3.05) is 50.3 Å². The summed E-state index contributed by atoms with van der Waals surface area (Å²) in [4.78, 5) is 46.2. The van der Waals surface area contributed by atoms with E-state index >= 15 is 0 Å². The molecule has 13 heteroatoms. The number of rotatable bonds is 9. The Balaban J connectivity index is 1.10. The number of urea groups is 1. The predicted molar refractivity (Wildman–Crippen MR) is 188 cm³/mol. The minimum atomic E-state index is -4.72. The van der Waals surface area contributed by atoms with E-state index < -0.39 is 23.3 Å². The number of carbonyl (C=O) groups is 3. The highest BCUT2D eigenvalue weighted by molar-refractivity contribution is 6.33. The fourth-order valence-corrected chi connectivity index (χ4v) is 8.41. The molecular formula is C37H48ClF3N6O3. The highest BCUT2D eigenvalue weighted by Crippen LogP contribution is 2.38. The van der Waals surface area contributed by atoms with Gasteiger partial charge in [0, 0.05) is 56.9 Å². The van der Waals surface area contributed by atoms with Crippen molar-refractivity contribution in [3.8, 4) is 0 Å². The fraction of sp³-hybridized carbons (Fsp3) is 0.595. The van der Waals surface area contributed by atoms with Gasteiger partial charge in [-0.2, -0.15) is 13.2 Å². The van der Waals surface area contributed by atoms with Crippen LogP contribution in [-0.2, 0) is 28.6 Å². The molecule has 4 N–H and O–H groups in total. The second-order valence-corrected chi connectivity index (χ2v) is 14.8. The third kappa shape index (κ3) is 8.67. The summed E-state index contributed by atoms with van der Waals surface area (Å²) in [7, 11) is 0. The Morgan fingerprint density at radius 2 is 1.64 bits per heavy atom. The van der Waals surface area contributed by atoms with Crippen LogP contribution in [0.4, 0.5) is 29.3 Å². The summed E-state index contributed by atoms with van der Waals surface area (Å²) in [5, 5.41) is 6.46. The van der Waals surface area contributed by atoms with Crippen LogP contribution in [-0.4, -0.2) is 83.9 Å². The largest absolute Gasteiger partial charge is 0.418 e. The number of nitrogens with zero attached hydrogens (tertiary/aromatic N) is 3. The zero-order valence-corrected chi connectivity index (χ0v) is 29.2. The van der Waals surface area contributed by atoms with E-state index in [0.29, 0.717) is 57.5 Å². The molecule has 2 aromatic rings. The van der Waals surface area contributed by atoms with Gasteiger partial charge < -0.3 is 31.1 Å². The molecule has 2 aromatic carbocycles. The van der Waals surface area contributed by atoms with Crippen LogP contribution < -0.4 is 16.4 Å². The van der Waals surface area contributed by atoms with Gasteiger partial charge >= 0.3 is 12.2 Å². The lowest BCUT2D eigenvalue weighted by molar-refractivity contribution is -0.142. The lowest BCUT2D eigenvalue weighted by Crippen LogP contribution is -2.51. The molecule has 0 spiro atoms. The Labute approximate surface area is 297 Å². The molecule has 6 rings (SSSR count). The van der Waals surface area contributed by atoms with Crippen molar-refractivity contribution in [2.24, 2.45) is 11.8 Å². The molecule has 4 amide bonds. The van der Waals surface area contributed by atoms with Crippen molar-refractivity contribution in [3.05, 3.63) is 58.1 Å². The smallest absolute Gasteiger partial charge is 0.397 e. The highest BCUT2D eigenvalue weighted by atomic mass is 35.5. The number of hydrogen-bond acceptors (Lipinski definition) is 5. The predicted octanol–water partition coefficient (Wildman–Crippen LogP) is 6.34. The van der Waals surface area contributed by atoms with Crippen LogP contribution in [0, 0.1) is 11.8 Å². The summed E-state index contributed by atoms with van der Waals surface area (Å²) >= 11 is 6.15. The maximum Gasteiger partial charge on any atom is 0.418 e. The summed E-state index contributed by atoms with van der Waals surface area (Å²) in [6.07, 6.45) is 3.65. The first-order valence-electron chi connectivity index (χ1n) is 18.1. The Morgan fingerprint density at radius 1 is 0.960 bits per heavy atom. The van der Waals surface area contributed by atoms with E-state index in [1.807, 2.05) is 29.2 Å². The van der Waals surface area contributed by atoms with Crippen molar-refractivity contribution in [1.82, 2.24) is 20.0 Å². The first kappa shape index (κ1) is 36.3. The molecular weight excluding hydrogens is 669 g/mol. The number of anilines is 2. The van der Waals surface area contributed by atoms with Gasteiger partial charge in [0.1, 0.15) is 0 Å². The number of alkyl halides is 3. The van der Waals surface area contributed by atoms with E-state index in [1.54, 1.807) is 9.80 Å². The van der Waals surface area contributed by atoms with Crippen molar-refractivity contribution in [1.29, 1.82) is 0 Å². The standard InChI is InChI=1S/C37H48ClF3N6O3/c38-31-21-25(20-30(34(31)42)37(39,40)41)19-27(35(49)46-14-10-28(11-15-46)43-23-24-5-1-2-6-24)22-33(48)45-16-12-29(13-17-45)47-18-9-26-7-3-4-8-32(26)44-36(47)50/h3-4,7-8,20-21,24,27-29,43H,1-2,5-6,9-19,22-23,42H2,(H,44,50). The molecule has 1 saturated carbocycles. The van der Waals surface area contributed by atoms with E-state index in [-0.39, 0.29) is 47.3 Å². The number of likely N-dealkylation sites (tertiary alicyclic amines) is 2. The third-order valence-electron chi connectivity index (χ3n) is 11.1. The lowest BCUT2D eigenvalue weighted by Gasteiger charge is -2.39. The molecule has 0 bridgehead atoms. The molecule has 1 aliphatic carbocycles. The number of amides is 4. The molecule has 3 fully saturated rings. The van der Waals surface area contributed by atoms with Crippen LogP contribution >= 0.6 is 11.6 Å². The number of nitrogens with one attached hydrogen (secondary N) is 2. The Bertz CT molecular complexity index is 1530. The number of benzene rings is 2. The van der Waals surface area contributed by atoms with Gasteiger partial charge in [0.05, 0.1) is 22.2 Å². The number of carbonyl (C=O) groups excluding carboxylic acids is 3. The lowest BCUT2D eigenvalue weighted by atomic mass is 9.91. The average molecular weight is 717 g/mol. The molecule has 1 unspecified atom stereocenters. The first-order valence-corrected chi connectivity index (χ1v) is 18.4. The van der Waals surface area contributed by atoms with Gasteiger partial charge in [0.25, 0.3) is 0 Å². The van der Waals surface area contributed by atoms with E-state index in [2.05, 4.69) is 10.6 Å². The molecule has 50 heavy (non-hydrogen) atoms. The SMILES string of the molecule is Nc1c(Cl)cc(CC(CC(=O)N2CCC(N3CCc4ccccc4NC3=O)CC2)C(=O)N2CCC(NCC3CCCC3)CC2)cc1C(F)(F)F. The van der Waals surface area contributed by atoms with Crippen molar-refractivity contribution < 1.29 is 27.6 Å². The number of nitrogens with two attached hydrogens (primary N) is 1. The monoisotopic (exact) mass is 716 g/mol. The summed E-state index contributed by atoms with van der Waals surface area (Å²) in [5.74, 6) is -0.606. The van der Waals surface area contributed by atoms with Gasteiger partial charge in [-0.25, -0.2) is 4.79 Å². The number of para-hydroxylation sites is 1. The van der Waals surface area contributed by atoms with Gasteiger partial charge in [0.15, 0.2) is 0 Å². The molecule has 272 valence electrons. The van der Waals surface area contributed by atoms with Crippen LogP contribution in [0.3, 0.4) is 0 Å². The zero-order valence-electron chi connectivity index (χ0n) is 28.4. The highest BCUT2D eigenvalue weighted by Gasteiger charge is 2.37. The summed E-state index contributed by atoms with van der Waals surface area (Å²) in [5.41, 5.74) is 6.19. The van der Waals surface area contributed by atoms with E-state index in [9.17, 15) is 27.6 Å². The Hall–Kier alpha value is -3.51. The van der Waals surface area contributed by atoms with Crippen LogP contribution in [0.1, 0.15) is 74.5 Å². The second kappa shape index (κ2) is 15.8. The molecule has 4 aliphatic rings. The number of piperidine rings is 2. The third-order valence-corrected chi connectivity index (χ3v) is 11.4. The van der Waals surface area contributed by atoms with Crippen molar-refractivity contribution in [2.45, 2.75) is 88.9 Å². The average Bonchev–Trinajstić information content (AvgIpc) is 3.56. The fourth-order valence-electron chi connectivity index (χ4n) is 8.17. The summed E-state index contributed by atoms with van der Waals surface area (Å²) < 4.78 is 41.5. The van der Waals surface area contributed by atoms with Gasteiger partial charge in [-0.05, 0) is 93.2 Å². The van der Waals surface area contributed by atoms with Gasteiger partial charge in [-0.3, -0.25) is 9.59 Å². The minimum absolute atomic E-state index is 0.0351. The first-order chi connectivity index (χ1) is 24.0. The Morgan fingerprint density at radius 3 is 2.34 bits per heavy atom. The van der Waals surface area contributed by atoms with Crippen LogP contribution in [0.2, 0.25) is 5.02 Å². The molecule has 3 heterocycles. The Kier molecular flexibility index (Phi) is 11.5. The molecule has 0 radical (unpaired) electrons. The van der Waals surface area contributed by atoms with Crippen LogP contribution in [0.15, 0.2) is 36.4 Å². The number of hydrogen-bond donors (Lipinski definition) is 3. The van der Waals surface area contributed by atoms with Crippen LogP contribution in [0.25, 0.3) is 0 Å².